The molecule has 0 amide bonds. The molecule has 2 nitrogen and oxygen atoms in total. The van der Waals surface area contributed by atoms with Crippen molar-refractivity contribution in [3.8, 4) is 0 Å². The molecule has 0 rings (SSSR count). The zero-order chi connectivity index (χ0) is 6.41. The van der Waals surface area contributed by atoms with E-state index in [0.29, 0.717) is 6.54 Å². The van der Waals surface area contributed by atoms with Crippen LogP contribution in [0.25, 0.3) is 0 Å². The zero-order valence-corrected chi connectivity index (χ0v) is 4.80. The second-order valence-electron chi connectivity index (χ2n) is 1.36. The molecule has 0 saturated heterocycles. The van der Waals surface area contributed by atoms with Crippen LogP contribution in [0, 0.1) is 0 Å². The molecule has 0 heterocycles. The molecule has 0 spiro atoms. The van der Waals surface area contributed by atoms with E-state index in [0.717, 1.165) is 5.57 Å². The Bertz CT molecular complexity index is 114. The van der Waals surface area contributed by atoms with E-state index in [1.54, 1.807) is 12.3 Å². The van der Waals surface area contributed by atoms with Gasteiger partial charge in [-0.1, -0.05) is 6.58 Å². The van der Waals surface area contributed by atoms with Crippen molar-refractivity contribution in [1.82, 2.24) is 0 Å². The summed E-state index contributed by atoms with van der Waals surface area (Å²) in [5.74, 6) is 0. The summed E-state index contributed by atoms with van der Waals surface area (Å²) in [6.07, 6.45) is 3.29. The summed E-state index contributed by atoms with van der Waals surface area (Å²) in [5.41, 5.74) is 6.06. The Kier molecular flexibility index (Phi) is 3.80. The minimum absolute atomic E-state index is 0.478. The molecule has 0 unspecified atom stereocenters. The lowest BCUT2D eigenvalue weighted by atomic mass is 10.3. The second kappa shape index (κ2) is 4.27. The largest absolute Gasteiger partial charge is 0.327 e. The van der Waals surface area contributed by atoms with Gasteiger partial charge in [0.15, 0.2) is 0 Å². The standard InChI is InChI=1S/C6H10N2/c1-6(5-7)3-4-8-2/h3-4H,1-2,5,7H2/b4-3-. The van der Waals surface area contributed by atoms with E-state index in [4.69, 9.17) is 5.73 Å². The number of rotatable bonds is 3. The lowest BCUT2D eigenvalue weighted by Crippen LogP contribution is -1.98. The van der Waals surface area contributed by atoms with Crippen molar-refractivity contribution in [2.75, 3.05) is 6.54 Å². The molecule has 2 heteroatoms. The highest BCUT2D eigenvalue weighted by Crippen LogP contribution is 1.86. The highest BCUT2D eigenvalue weighted by molar-refractivity contribution is 5.27. The van der Waals surface area contributed by atoms with Crippen LogP contribution in [0.2, 0.25) is 0 Å². The predicted octanol–water partition coefficient (Wildman–Crippen LogP) is 0.716. The molecule has 0 aliphatic carbocycles. The van der Waals surface area contributed by atoms with Crippen LogP contribution < -0.4 is 5.73 Å². The van der Waals surface area contributed by atoms with Crippen molar-refractivity contribution in [3.05, 3.63) is 24.4 Å². The molecule has 2 N–H and O–H groups in total. The Balaban J connectivity index is 3.52. The third kappa shape index (κ3) is 3.31. The Labute approximate surface area is 49.4 Å². The fraction of sp³-hybridized carbons (Fsp3) is 0.167. The molecule has 0 atom stereocenters. The number of aliphatic imine (C=N–C) groups is 1. The van der Waals surface area contributed by atoms with Gasteiger partial charge in [0.05, 0.1) is 0 Å². The number of nitrogens with zero attached hydrogens (tertiary/aromatic N) is 1. The Morgan fingerprint density at radius 1 is 1.75 bits per heavy atom. The first kappa shape index (κ1) is 7.11. The van der Waals surface area contributed by atoms with Crippen LogP contribution in [-0.4, -0.2) is 13.3 Å². The van der Waals surface area contributed by atoms with Gasteiger partial charge in [-0.25, -0.2) is 0 Å². The fourth-order valence-corrected chi connectivity index (χ4v) is 0.226. The molecular weight excluding hydrogens is 100 g/mol. The minimum Gasteiger partial charge on any atom is -0.327 e. The molecule has 0 saturated carbocycles. The van der Waals surface area contributed by atoms with Gasteiger partial charge >= 0.3 is 0 Å². The summed E-state index contributed by atoms with van der Waals surface area (Å²) in [4.78, 5) is 3.48. The van der Waals surface area contributed by atoms with E-state index in [1.165, 1.54) is 0 Å². The Morgan fingerprint density at radius 2 is 2.38 bits per heavy atom. The lowest BCUT2D eigenvalue weighted by Gasteiger charge is -1.86. The van der Waals surface area contributed by atoms with Crippen LogP contribution in [0.1, 0.15) is 0 Å². The fourth-order valence-electron chi connectivity index (χ4n) is 0.226. The van der Waals surface area contributed by atoms with Crippen LogP contribution in [0.5, 0.6) is 0 Å². The topological polar surface area (TPSA) is 38.4 Å². The monoisotopic (exact) mass is 110 g/mol. The van der Waals surface area contributed by atoms with Crippen LogP contribution in [0.4, 0.5) is 0 Å². The molecule has 44 valence electrons. The van der Waals surface area contributed by atoms with Crippen LogP contribution >= 0.6 is 0 Å². The second-order valence-corrected chi connectivity index (χ2v) is 1.36. The van der Waals surface area contributed by atoms with Gasteiger partial charge in [0, 0.05) is 12.7 Å². The smallest absolute Gasteiger partial charge is 0.0263 e. The Hall–Kier alpha value is -0.890. The summed E-state index contributed by atoms with van der Waals surface area (Å²) in [7, 11) is 0. The molecule has 0 aromatic rings. The average molecular weight is 110 g/mol. The molecule has 0 aliphatic rings. The summed E-state index contributed by atoms with van der Waals surface area (Å²) >= 11 is 0. The molecule has 0 radical (unpaired) electrons. The van der Waals surface area contributed by atoms with Crippen molar-refractivity contribution in [2.45, 2.75) is 0 Å². The first-order chi connectivity index (χ1) is 3.81. The highest BCUT2D eigenvalue weighted by atomic mass is 14.6. The van der Waals surface area contributed by atoms with Crippen molar-refractivity contribution in [1.29, 1.82) is 0 Å². The quantitative estimate of drug-likeness (QED) is 0.422. The third-order valence-electron chi connectivity index (χ3n) is 0.678. The summed E-state index contributed by atoms with van der Waals surface area (Å²) in [6, 6.07) is 0. The molecule has 0 aromatic heterocycles. The van der Waals surface area contributed by atoms with Crippen molar-refractivity contribution in [3.63, 3.8) is 0 Å². The van der Waals surface area contributed by atoms with E-state index >= 15 is 0 Å². The van der Waals surface area contributed by atoms with Gasteiger partial charge in [-0.3, -0.25) is 4.99 Å². The summed E-state index contributed by atoms with van der Waals surface area (Å²) in [6.45, 7) is 7.34. The van der Waals surface area contributed by atoms with Crippen LogP contribution in [0.3, 0.4) is 0 Å². The SMILES string of the molecule is C=N/C=C\C(=C)CN. The molecule has 8 heavy (non-hydrogen) atoms. The van der Waals surface area contributed by atoms with Gasteiger partial charge in [0.1, 0.15) is 0 Å². The normalized spacial score (nSPS) is 9.62. The molecule has 0 aromatic carbocycles. The number of hydrogen-bond donors (Lipinski definition) is 1. The van der Waals surface area contributed by atoms with Gasteiger partial charge in [-0.15, -0.1) is 0 Å². The van der Waals surface area contributed by atoms with E-state index < -0.39 is 0 Å². The van der Waals surface area contributed by atoms with E-state index in [2.05, 4.69) is 18.3 Å². The van der Waals surface area contributed by atoms with Gasteiger partial charge in [0.25, 0.3) is 0 Å². The van der Waals surface area contributed by atoms with Gasteiger partial charge in [0.2, 0.25) is 0 Å². The van der Waals surface area contributed by atoms with Crippen molar-refractivity contribution in [2.24, 2.45) is 10.7 Å². The number of nitrogens with two attached hydrogens (primary N) is 1. The number of hydrogen-bond acceptors (Lipinski definition) is 2. The summed E-state index contributed by atoms with van der Waals surface area (Å²) in [5, 5.41) is 0. The maximum Gasteiger partial charge on any atom is 0.0263 e. The van der Waals surface area contributed by atoms with Gasteiger partial charge in [-0.2, -0.15) is 0 Å². The maximum absolute atomic E-state index is 5.20. The average Bonchev–Trinajstić information content (AvgIpc) is 1.83. The highest BCUT2D eigenvalue weighted by Gasteiger charge is 1.76. The van der Waals surface area contributed by atoms with Gasteiger partial charge < -0.3 is 5.73 Å². The summed E-state index contributed by atoms with van der Waals surface area (Å²) < 4.78 is 0. The van der Waals surface area contributed by atoms with Gasteiger partial charge in [-0.05, 0) is 18.4 Å². The molecule has 0 fully saturated rings. The van der Waals surface area contributed by atoms with E-state index in [1.807, 2.05) is 0 Å². The first-order valence-corrected chi connectivity index (χ1v) is 2.31. The van der Waals surface area contributed by atoms with E-state index in [9.17, 15) is 0 Å². The first-order valence-electron chi connectivity index (χ1n) is 2.31. The maximum atomic E-state index is 5.20. The van der Waals surface area contributed by atoms with Crippen LogP contribution in [0.15, 0.2) is 29.4 Å². The third-order valence-corrected chi connectivity index (χ3v) is 0.678. The molecule has 0 bridgehead atoms. The zero-order valence-electron chi connectivity index (χ0n) is 4.80. The molecule has 0 aliphatic heterocycles. The Morgan fingerprint density at radius 3 is 2.75 bits per heavy atom. The van der Waals surface area contributed by atoms with E-state index in [-0.39, 0.29) is 0 Å². The van der Waals surface area contributed by atoms with Crippen molar-refractivity contribution >= 4 is 6.72 Å². The molecular formula is C6H10N2. The minimum atomic E-state index is 0.478. The van der Waals surface area contributed by atoms with Crippen LogP contribution in [-0.2, 0) is 0 Å². The lowest BCUT2D eigenvalue weighted by molar-refractivity contribution is 1.19. The predicted molar refractivity (Wildman–Crippen MR) is 36.9 cm³/mol. The van der Waals surface area contributed by atoms with Crippen molar-refractivity contribution < 1.29 is 0 Å².